The van der Waals surface area contributed by atoms with E-state index >= 15 is 0 Å². The molecule has 2 aromatic rings. The molecule has 0 aromatic heterocycles. The lowest BCUT2D eigenvalue weighted by molar-refractivity contribution is 0.139. The van der Waals surface area contributed by atoms with Gasteiger partial charge in [-0.15, -0.1) is 0 Å². The molecule has 0 spiro atoms. The van der Waals surface area contributed by atoms with Gasteiger partial charge in [0.25, 0.3) is 0 Å². The van der Waals surface area contributed by atoms with Crippen LogP contribution in [0.1, 0.15) is 63.5 Å². The van der Waals surface area contributed by atoms with Gasteiger partial charge in [0.1, 0.15) is 19.0 Å². The Kier molecular flexibility index (Phi) is 13.8. The highest BCUT2D eigenvalue weighted by atomic mass is 16.5. The first-order chi connectivity index (χ1) is 16.2. The van der Waals surface area contributed by atoms with Crippen LogP contribution in [0.3, 0.4) is 0 Å². The highest BCUT2D eigenvalue weighted by Crippen LogP contribution is 2.14. The van der Waals surface area contributed by atoms with Gasteiger partial charge in [-0.2, -0.15) is 0 Å². The second kappa shape index (κ2) is 17.0. The Bertz CT molecular complexity index is 741. The van der Waals surface area contributed by atoms with Crippen molar-refractivity contribution < 1.29 is 14.3 Å². The van der Waals surface area contributed by atoms with Crippen LogP contribution in [0.15, 0.2) is 54.6 Å². The average Bonchev–Trinajstić information content (AvgIpc) is 2.85. The van der Waals surface area contributed by atoms with Gasteiger partial charge in [-0.25, -0.2) is 4.79 Å². The minimum Gasteiger partial charge on any atom is -0.492 e. The molecule has 182 valence electrons. The second-order valence-corrected chi connectivity index (χ2v) is 8.49. The molecule has 2 rings (SSSR count). The predicted molar refractivity (Wildman–Crippen MR) is 136 cm³/mol. The minimum absolute atomic E-state index is 0.302. The Hall–Kier alpha value is -2.53. The summed E-state index contributed by atoms with van der Waals surface area (Å²) in [4.78, 5) is 14.3. The van der Waals surface area contributed by atoms with E-state index in [9.17, 15) is 4.79 Å². The summed E-state index contributed by atoms with van der Waals surface area (Å²) >= 11 is 0. The van der Waals surface area contributed by atoms with Crippen LogP contribution < -0.4 is 10.1 Å². The molecule has 0 aliphatic carbocycles. The van der Waals surface area contributed by atoms with E-state index in [0.29, 0.717) is 13.2 Å². The fraction of sp³-hybridized carbons (Fsp3) is 0.536. The third-order valence-corrected chi connectivity index (χ3v) is 5.63. The smallest absolute Gasteiger partial charge is 0.407 e. The zero-order valence-corrected chi connectivity index (χ0v) is 20.6. The third-order valence-electron chi connectivity index (χ3n) is 5.63. The van der Waals surface area contributed by atoms with Crippen LogP contribution in [0.25, 0.3) is 0 Å². The number of aryl methyl sites for hydroxylation is 1. The lowest BCUT2D eigenvalue weighted by Crippen LogP contribution is -2.30. The van der Waals surface area contributed by atoms with Crippen LogP contribution in [0.2, 0.25) is 0 Å². The number of nitrogens with one attached hydrogen (secondary N) is 1. The molecule has 1 N–H and O–H groups in total. The summed E-state index contributed by atoms with van der Waals surface area (Å²) in [7, 11) is 0. The lowest BCUT2D eigenvalue weighted by atomic mass is 10.1. The molecule has 0 aliphatic rings. The summed E-state index contributed by atoms with van der Waals surface area (Å²) < 4.78 is 11.2. The molecule has 33 heavy (non-hydrogen) atoms. The van der Waals surface area contributed by atoms with Crippen LogP contribution in [0, 0.1) is 0 Å². The molecule has 0 atom stereocenters. The van der Waals surface area contributed by atoms with Crippen molar-refractivity contribution in [2.75, 3.05) is 32.8 Å². The largest absolute Gasteiger partial charge is 0.492 e. The molecule has 0 aliphatic heterocycles. The van der Waals surface area contributed by atoms with Gasteiger partial charge in [-0.3, -0.25) is 4.90 Å². The van der Waals surface area contributed by atoms with Crippen LogP contribution in [0.5, 0.6) is 5.75 Å². The van der Waals surface area contributed by atoms with E-state index in [2.05, 4.69) is 48.3 Å². The Morgan fingerprint density at radius 2 is 1.52 bits per heavy atom. The molecule has 5 nitrogen and oxygen atoms in total. The van der Waals surface area contributed by atoms with Gasteiger partial charge in [0.2, 0.25) is 0 Å². The van der Waals surface area contributed by atoms with E-state index in [-0.39, 0.29) is 6.09 Å². The lowest BCUT2D eigenvalue weighted by Gasteiger charge is -2.22. The molecule has 0 saturated heterocycles. The Morgan fingerprint density at radius 3 is 2.18 bits per heavy atom. The summed E-state index contributed by atoms with van der Waals surface area (Å²) in [6, 6.07) is 18.1. The topological polar surface area (TPSA) is 50.8 Å². The Balaban J connectivity index is 1.55. The summed E-state index contributed by atoms with van der Waals surface area (Å²) in [5, 5.41) is 2.82. The first-order valence-corrected chi connectivity index (χ1v) is 12.6. The summed E-state index contributed by atoms with van der Waals surface area (Å²) in [6.45, 7) is 9.47. The number of benzene rings is 2. The quantitative estimate of drug-likeness (QED) is 0.288. The van der Waals surface area contributed by atoms with Crippen LogP contribution in [-0.4, -0.2) is 43.8 Å². The second-order valence-electron chi connectivity index (χ2n) is 8.49. The normalized spacial score (nSPS) is 10.9. The molecular weight excluding hydrogens is 412 g/mol. The number of alkyl carbamates (subject to hydrolysis) is 1. The highest BCUT2D eigenvalue weighted by Gasteiger charge is 2.05. The number of carbonyl (C=O) groups excluding carboxylic acids is 1. The highest BCUT2D eigenvalue weighted by molar-refractivity contribution is 5.67. The standard InChI is InChI=1S/C28H42N2O3/c1-3-5-20-30(21-6-4-2)22-23-32-27-17-15-25(16-18-27)12-10-11-19-29-28(31)33-24-26-13-8-7-9-14-26/h7-9,13-18H,3-6,10-12,19-24H2,1-2H3,(H,29,31). The van der Waals surface area contributed by atoms with Crippen molar-refractivity contribution in [1.29, 1.82) is 0 Å². The molecule has 2 aromatic carbocycles. The van der Waals surface area contributed by atoms with E-state index in [1.54, 1.807) is 0 Å². The number of amides is 1. The predicted octanol–water partition coefficient (Wildman–Crippen LogP) is 6.22. The van der Waals surface area contributed by atoms with Gasteiger partial charge >= 0.3 is 6.09 Å². The summed E-state index contributed by atoms with van der Waals surface area (Å²) in [5.41, 5.74) is 2.28. The molecule has 5 heteroatoms. The van der Waals surface area contributed by atoms with Gasteiger partial charge in [0, 0.05) is 13.1 Å². The molecule has 0 radical (unpaired) electrons. The molecule has 0 fully saturated rings. The van der Waals surface area contributed by atoms with E-state index < -0.39 is 0 Å². The molecule has 0 saturated carbocycles. The fourth-order valence-corrected chi connectivity index (χ4v) is 3.56. The fourth-order valence-electron chi connectivity index (χ4n) is 3.56. The van der Waals surface area contributed by atoms with E-state index in [1.807, 2.05) is 30.3 Å². The first-order valence-electron chi connectivity index (χ1n) is 12.6. The van der Waals surface area contributed by atoms with Gasteiger partial charge in [0.15, 0.2) is 0 Å². The van der Waals surface area contributed by atoms with Crippen molar-refractivity contribution >= 4 is 6.09 Å². The average molecular weight is 455 g/mol. The maximum Gasteiger partial charge on any atom is 0.407 e. The van der Waals surface area contributed by atoms with Crippen molar-refractivity contribution in [1.82, 2.24) is 10.2 Å². The molecule has 0 unspecified atom stereocenters. The summed E-state index contributed by atoms with van der Waals surface area (Å²) in [6.07, 6.45) is 7.54. The van der Waals surface area contributed by atoms with E-state index in [1.165, 1.54) is 44.3 Å². The third kappa shape index (κ3) is 12.3. The Morgan fingerprint density at radius 1 is 0.818 bits per heavy atom. The number of unbranched alkanes of at least 4 members (excludes halogenated alkanes) is 3. The van der Waals surface area contributed by atoms with Crippen molar-refractivity contribution in [2.24, 2.45) is 0 Å². The molecule has 0 heterocycles. The maximum absolute atomic E-state index is 11.8. The number of nitrogens with zero attached hydrogens (tertiary/aromatic N) is 1. The van der Waals surface area contributed by atoms with Gasteiger partial charge < -0.3 is 14.8 Å². The zero-order valence-electron chi connectivity index (χ0n) is 20.6. The van der Waals surface area contributed by atoms with Crippen LogP contribution in [-0.2, 0) is 17.8 Å². The van der Waals surface area contributed by atoms with Gasteiger partial charge in [-0.05, 0) is 68.5 Å². The van der Waals surface area contributed by atoms with Crippen molar-refractivity contribution in [2.45, 2.75) is 65.4 Å². The number of ether oxygens (including phenoxy) is 2. The first kappa shape index (κ1) is 26.7. The zero-order chi connectivity index (χ0) is 23.6. The van der Waals surface area contributed by atoms with Crippen LogP contribution >= 0.6 is 0 Å². The number of hydrogen-bond donors (Lipinski definition) is 1. The van der Waals surface area contributed by atoms with Gasteiger partial charge in [-0.1, -0.05) is 69.2 Å². The van der Waals surface area contributed by atoms with Crippen molar-refractivity contribution in [3.8, 4) is 5.75 Å². The monoisotopic (exact) mass is 454 g/mol. The van der Waals surface area contributed by atoms with E-state index in [4.69, 9.17) is 9.47 Å². The van der Waals surface area contributed by atoms with Gasteiger partial charge in [0.05, 0.1) is 0 Å². The summed E-state index contributed by atoms with van der Waals surface area (Å²) in [5.74, 6) is 0.938. The molecule has 0 bridgehead atoms. The molecular formula is C28H42N2O3. The SMILES string of the molecule is CCCCN(CCCC)CCOc1ccc(CCCCNC(=O)OCc2ccccc2)cc1. The van der Waals surface area contributed by atoms with Crippen molar-refractivity contribution in [3.63, 3.8) is 0 Å². The molecule has 1 amide bonds. The number of rotatable bonds is 17. The number of carbonyl (C=O) groups is 1. The minimum atomic E-state index is -0.358. The maximum atomic E-state index is 11.8. The Labute approximate surface area is 200 Å². The van der Waals surface area contributed by atoms with E-state index in [0.717, 1.165) is 43.7 Å². The van der Waals surface area contributed by atoms with Crippen LogP contribution in [0.4, 0.5) is 4.79 Å². The van der Waals surface area contributed by atoms with Crippen molar-refractivity contribution in [3.05, 3.63) is 65.7 Å². The number of hydrogen-bond acceptors (Lipinski definition) is 4.